The molecule has 0 amide bonds. The first-order valence-corrected chi connectivity index (χ1v) is 8.66. The molecule has 2 nitrogen and oxygen atoms in total. The van der Waals surface area contributed by atoms with Gasteiger partial charge in [-0.1, -0.05) is 6.92 Å². The highest BCUT2D eigenvalue weighted by atomic mass is 79.9. The van der Waals surface area contributed by atoms with E-state index in [9.17, 15) is 4.79 Å². The Labute approximate surface area is 139 Å². The van der Waals surface area contributed by atoms with Crippen molar-refractivity contribution in [2.45, 2.75) is 20.3 Å². The van der Waals surface area contributed by atoms with Crippen molar-refractivity contribution in [3.8, 4) is 5.75 Å². The van der Waals surface area contributed by atoms with Crippen molar-refractivity contribution in [1.82, 2.24) is 0 Å². The maximum absolute atomic E-state index is 12.4. The SMILES string of the molecule is CCCOc1ccc(C(=O)c2cc(C)c(Br)s2)cc1Br. The summed E-state index contributed by atoms with van der Waals surface area (Å²) in [5, 5.41) is 0. The van der Waals surface area contributed by atoms with E-state index in [1.54, 1.807) is 6.07 Å². The third kappa shape index (κ3) is 3.51. The van der Waals surface area contributed by atoms with Gasteiger partial charge >= 0.3 is 0 Å². The normalized spacial score (nSPS) is 10.6. The van der Waals surface area contributed by atoms with Crippen molar-refractivity contribution in [3.05, 3.63) is 48.5 Å². The molecule has 0 atom stereocenters. The summed E-state index contributed by atoms with van der Waals surface area (Å²) < 4.78 is 7.40. The summed E-state index contributed by atoms with van der Waals surface area (Å²) in [6, 6.07) is 7.37. The van der Waals surface area contributed by atoms with Gasteiger partial charge in [0.25, 0.3) is 0 Å². The highest BCUT2D eigenvalue weighted by molar-refractivity contribution is 9.11. The molecule has 0 unspecified atom stereocenters. The van der Waals surface area contributed by atoms with Gasteiger partial charge in [0.1, 0.15) is 5.75 Å². The second kappa shape index (κ2) is 6.87. The van der Waals surface area contributed by atoms with Gasteiger partial charge in [-0.05, 0) is 75.0 Å². The molecule has 0 saturated carbocycles. The third-order valence-electron chi connectivity index (χ3n) is 2.74. The molecule has 0 spiro atoms. The van der Waals surface area contributed by atoms with E-state index in [2.05, 4.69) is 38.8 Å². The molecule has 1 aromatic carbocycles. The van der Waals surface area contributed by atoms with E-state index in [1.807, 2.05) is 25.1 Å². The van der Waals surface area contributed by atoms with Crippen molar-refractivity contribution in [3.63, 3.8) is 0 Å². The molecule has 0 aliphatic heterocycles. The Bertz CT molecular complexity index is 615. The zero-order chi connectivity index (χ0) is 14.7. The summed E-state index contributed by atoms with van der Waals surface area (Å²) in [4.78, 5) is 13.2. The molecule has 2 rings (SSSR count). The van der Waals surface area contributed by atoms with Gasteiger partial charge in [0.2, 0.25) is 5.78 Å². The third-order valence-corrected chi connectivity index (χ3v) is 5.49. The molecular formula is C15H14Br2O2S. The minimum atomic E-state index is 0.0338. The number of hydrogen-bond donors (Lipinski definition) is 0. The van der Waals surface area contributed by atoms with Gasteiger partial charge < -0.3 is 4.74 Å². The molecule has 0 aliphatic rings. The van der Waals surface area contributed by atoms with E-state index in [0.29, 0.717) is 12.2 Å². The maximum Gasteiger partial charge on any atom is 0.203 e. The Morgan fingerprint density at radius 3 is 2.60 bits per heavy atom. The van der Waals surface area contributed by atoms with Crippen LogP contribution in [0.15, 0.2) is 32.5 Å². The molecule has 106 valence electrons. The molecular weight excluding hydrogens is 404 g/mol. The summed E-state index contributed by atoms with van der Waals surface area (Å²) in [5.41, 5.74) is 1.75. The molecule has 20 heavy (non-hydrogen) atoms. The Kier molecular flexibility index (Phi) is 5.41. The predicted molar refractivity (Wildman–Crippen MR) is 90.1 cm³/mol. The van der Waals surface area contributed by atoms with Gasteiger partial charge in [-0.15, -0.1) is 11.3 Å². The lowest BCUT2D eigenvalue weighted by Gasteiger charge is -2.08. The number of carbonyl (C=O) groups is 1. The van der Waals surface area contributed by atoms with Crippen LogP contribution in [0.5, 0.6) is 5.75 Å². The summed E-state index contributed by atoms with van der Waals surface area (Å²) in [6.45, 7) is 4.71. The van der Waals surface area contributed by atoms with Gasteiger partial charge in [0.05, 0.1) is 19.7 Å². The Morgan fingerprint density at radius 1 is 1.30 bits per heavy atom. The molecule has 5 heteroatoms. The molecule has 0 bridgehead atoms. The van der Waals surface area contributed by atoms with Crippen LogP contribution in [-0.2, 0) is 0 Å². The first kappa shape index (κ1) is 15.7. The molecule has 0 radical (unpaired) electrons. The van der Waals surface area contributed by atoms with Crippen molar-refractivity contribution in [2.75, 3.05) is 6.61 Å². The number of ether oxygens (including phenoxy) is 1. The van der Waals surface area contributed by atoms with Crippen LogP contribution in [0.3, 0.4) is 0 Å². The van der Waals surface area contributed by atoms with Gasteiger partial charge in [-0.25, -0.2) is 0 Å². The number of hydrogen-bond acceptors (Lipinski definition) is 3. The molecule has 2 aromatic rings. The zero-order valence-electron chi connectivity index (χ0n) is 11.2. The largest absolute Gasteiger partial charge is 0.492 e. The first-order valence-electron chi connectivity index (χ1n) is 6.26. The fourth-order valence-electron chi connectivity index (χ4n) is 1.69. The fourth-order valence-corrected chi connectivity index (χ4v) is 3.68. The zero-order valence-corrected chi connectivity index (χ0v) is 15.2. The summed E-state index contributed by atoms with van der Waals surface area (Å²) in [7, 11) is 0. The average molecular weight is 418 g/mol. The van der Waals surface area contributed by atoms with E-state index in [1.165, 1.54) is 11.3 Å². The number of halogens is 2. The number of thiophene rings is 1. The molecule has 1 heterocycles. The second-order valence-electron chi connectivity index (χ2n) is 4.39. The second-order valence-corrected chi connectivity index (χ2v) is 7.61. The first-order chi connectivity index (χ1) is 9.52. The highest BCUT2D eigenvalue weighted by Gasteiger charge is 2.15. The monoisotopic (exact) mass is 416 g/mol. The molecule has 0 N–H and O–H groups in total. The minimum Gasteiger partial charge on any atom is -0.492 e. The molecule has 0 saturated heterocycles. The van der Waals surface area contributed by atoms with E-state index in [0.717, 1.165) is 30.9 Å². The average Bonchev–Trinajstić information content (AvgIpc) is 2.76. The summed E-state index contributed by atoms with van der Waals surface area (Å²) >= 11 is 8.37. The van der Waals surface area contributed by atoms with Crippen LogP contribution in [-0.4, -0.2) is 12.4 Å². The number of ketones is 1. The van der Waals surface area contributed by atoms with E-state index < -0.39 is 0 Å². The van der Waals surface area contributed by atoms with Crippen LogP contribution in [0.2, 0.25) is 0 Å². The van der Waals surface area contributed by atoms with Crippen molar-refractivity contribution in [1.29, 1.82) is 0 Å². The van der Waals surface area contributed by atoms with E-state index in [-0.39, 0.29) is 5.78 Å². The van der Waals surface area contributed by atoms with E-state index >= 15 is 0 Å². The van der Waals surface area contributed by atoms with Crippen molar-refractivity contribution >= 4 is 49.0 Å². The molecule has 1 aromatic heterocycles. The van der Waals surface area contributed by atoms with Crippen molar-refractivity contribution in [2.24, 2.45) is 0 Å². The topological polar surface area (TPSA) is 26.3 Å². The van der Waals surface area contributed by atoms with Crippen LogP contribution in [0.25, 0.3) is 0 Å². The summed E-state index contributed by atoms with van der Waals surface area (Å²) in [5.74, 6) is 0.804. The highest BCUT2D eigenvalue weighted by Crippen LogP contribution is 2.31. The fraction of sp³-hybridized carbons (Fsp3) is 0.267. The standard InChI is InChI=1S/C15H14Br2O2S/c1-3-6-19-12-5-4-10(8-11(12)16)14(18)13-7-9(2)15(17)20-13/h4-5,7-8H,3,6H2,1-2H3. The van der Waals surface area contributed by atoms with E-state index in [4.69, 9.17) is 4.74 Å². The minimum absolute atomic E-state index is 0.0338. The lowest BCUT2D eigenvalue weighted by molar-refractivity contribution is 0.104. The summed E-state index contributed by atoms with van der Waals surface area (Å²) in [6.07, 6.45) is 0.954. The van der Waals surface area contributed by atoms with Gasteiger partial charge in [-0.3, -0.25) is 4.79 Å². The van der Waals surface area contributed by atoms with Crippen LogP contribution in [0.1, 0.15) is 34.1 Å². The maximum atomic E-state index is 12.4. The number of aryl methyl sites for hydroxylation is 1. The Morgan fingerprint density at radius 2 is 2.05 bits per heavy atom. The molecule has 0 fully saturated rings. The molecule has 0 aliphatic carbocycles. The van der Waals surface area contributed by atoms with Crippen LogP contribution >= 0.6 is 43.2 Å². The van der Waals surface area contributed by atoms with Gasteiger partial charge in [0, 0.05) is 5.56 Å². The number of carbonyl (C=O) groups excluding carboxylic acids is 1. The Hall–Kier alpha value is -0.650. The van der Waals surface area contributed by atoms with Crippen LogP contribution < -0.4 is 4.74 Å². The van der Waals surface area contributed by atoms with Gasteiger partial charge in [0.15, 0.2) is 0 Å². The Balaban J connectivity index is 2.24. The van der Waals surface area contributed by atoms with Gasteiger partial charge in [-0.2, -0.15) is 0 Å². The van der Waals surface area contributed by atoms with Crippen LogP contribution in [0, 0.1) is 6.92 Å². The lowest BCUT2D eigenvalue weighted by atomic mass is 10.1. The van der Waals surface area contributed by atoms with Crippen molar-refractivity contribution < 1.29 is 9.53 Å². The smallest absolute Gasteiger partial charge is 0.203 e. The number of benzene rings is 1. The predicted octanol–water partition coefficient (Wildman–Crippen LogP) is 5.60. The quantitative estimate of drug-likeness (QED) is 0.591. The van der Waals surface area contributed by atoms with Crippen LogP contribution in [0.4, 0.5) is 0 Å². The number of rotatable bonds is 5. The lowest BCUT2D eigenvalue weighted by Crippen LogP contribution is -2.00.